The van der Waals surface area contributed by atoms with Crippen LogP contribution < -0.4 is 10.2 Å². The Morgan fingerprint density at radius 2 is 1.59 bits per heavy atom. The summed E-state index contributed by atoms with van der Waals surface area (Å²) in [5, 5.41) is 2.93. The van der Waals surface area contributed by atoms with E-state index in [9.17, 15) is 14.4 Å². The summed E-state index contributed by atoms with van der Waals surface area (Å²) in [6, 6.07) is 14.3. The molecule has 0 bridgehead atoms. The van der Waals surface area contributed by atoms with Gasteiger partial charge in [-0.3, -0.25) is 4.79 Å². The fraction of sp³-hybridized carbons (Fsp3) is 0.160. The van der Waals surface area contributed by atoms with Gasteiger partial charge in [-0.1, -0.05) is 31.2 Å². The van der Waals surface area contributed by atoms with Gasteiger partial charge in [-0.2, -0.15) is 0 Å². The predicted molar refractivity (Wildman–Crippen MR) is 122 cm³/mol. The molecule has 1 N–H and O–H groups in total. The monoisotopic (exact) mass is 432 g/mol. The number of carbonyl (C=O) groups is 3. The number of aryl methyl sites for hydroxylation is 1. The maximum Gasteiger partial charge on any atom is 0.355 e. The zero-order valence-electron chi connectivity index (χ0n) is 18.1. The molecule has 7 nitrogen and oxygen atoms in total. The number of carbonyl (C=O) groups excluding carboxylic acids is 3. The molecule has 2 aromatic carbocycles. The summed E-state index contributed by atoms with van der Waals surface area (Å²) in [6.45, 7) is 2.03. The van der Waals surface area contributed by atoms with Gasteiger partial charge in [0.25, 0.3) is 5.91 Å². The third-order valence-electron chi connectivity index (χ3n) is 4.94. The molecule has 32 heavy (non-hydrogen) atoms. The summed E-state index contributed by atoms with van der Waals surface area (Å²) >= 11 is 0. The molecule has 0 unspecified atom stereocenters. The third kappa shape index (κ3) is 4.78. The number of hydrogen-bond acceptors (Lipinski definition) is 6. The second-order valence-corrected chi connectivity index (χ2v) is 6.83. The number of rotatable bonds is 6. The fourth-order valence-electron chi connectivity index (χ4n) is 3.28. The van der Waals surface area contributed by atoms with Crippen LogP contribution in [0, 0.1) is 0 Å². The Hall–Kier alpha value is -4.13. The molecule has 1 amide bonds. The summed E-state index contributed by atoms with van der Waals surface area (Å²) in [5.74, 6) is -1.61. The molecule has 1 heterocycles. The average molecular weight is 432 g/mol. The van der Waals surface area contributed by atoms with Crippen LogP contribution in [0.1, 0.15) is 22.8 Å². The lowest BCUT2D eigenvalue weighted by Crippen LogP contribution is -2.27. The van der Waals surface area contributed by atoms with Gasteiger partial charge in [0.1, 0.15) is 5.70 Å². The number of benzene rings is 2. The number of methoxy groups -OCH3 is 2. The number of anilines is 2. The van der Waals surface area contributed by atoms with Crippen LogP contribution >= 0.6 is 0 Å². The van der Waals surface area contributed by atoms with Crippen LogP contribution in [0.3, 0.4) is 0 Å². The van der Waals surface area contributed by atoms with E-state index in [4.69, 9.17) is 9.47 Å². The molecule has 0 aromatic heterocycles. The minimum Gasteiger partial charge on any atom is -0.465 e. The van der Waals surface area contributed by atoms with Gasteiger partial charge in [0.2, 0.25) is 0 Å². The number of nitrogens with zero attached hydrogens (tertiary/aromatic N) is 1. The van der Waals surface area contributed by atoms with Crippen molar-refractivity contribution >= 4 is 29.2 Å². The highest BCUT2D eigenvalue weighted by molar-refractivity contribution is 6.06. The van der Waals surface area contributed by atoms with Gasteiger partial charge < -0.3 is 19.7 Å². The van der Waals surface area contributed by atoms with Gasteiger partial charge in [-0.05, 0) is 54.5 Å². The highest BCUT2D eigenvalue weighted by Crippen LogP contribution is 2.27. The van der Waals surface area contributed by atoms with E-state index < -0.39 is 11.9 Å². The molecule has 7 heteroatoms. The summed E-state index contributed by atoms with van der Waals surface area (Å²) < 4.78 is 9.71. The van der Waals surface area contributed by atoms with Crippen LogP contribution in [0.4, 0.5) is 11.4 Å². The molecule has 0 saturated carbocycles. The molecule has 2 aromatic rings. The molecule has 0 spiro atoms. The lowest BCUT2D eigenvalue weighted by atomic mass is 10.1. The minimum absolute atomic E-state index is 0.0124. The molecule has 164 valence electrons. The maximum atomic E-state index is 12.7. The zero-order chi connectivity index (χ0) is 23.1. The number of amides is 1. The number of esters is 2. The molecule has 0 radical (unpaired) electrons. The smallest absolute Gasteiger partial charge is 0.355 e. The Morgan fingerprint density at radius 1 is 0.906 bits per heavy atom. The van der Waals surface area contributed by atoms with Gasteiger partial charge in [0, 0.05) is 23.1 Å². The van der Waals surface area contributed by atoms with Crippen molar-refractivity contribution in [2.45, 2.75) is 13.3 Å². The molecule has 1 aliphatic rings. The first-order valence-electron chi connectivity index (χ1n) is 10.0. The van der Waals surface area contributed by atoms with Crippen LogP contribution in [0.15, 0.2) is 84.2 Å². The van der Waals surface area contributed by atoms with E-state index in [1.54, 1.807) is 42.6 Å². The van der Waals surface area contributed by atoms with Gasteiger partial charge in [0.05, 0.1) is 19.8 Å². The van der Waals surface area contributed by atoms with Crippen molar-refractivity contribution < 1.29 is 23.9 Å². The molecule has 0 atom stereocenters. The quantitative estimate of drug-likeness (QED) is 0.695. The van der Waals surface area contributed by atoms with Gasteiger partial charge >= 0.3 is 11.9 Å². The predicted octanol–water partition coefficient (Wildman–Crippen LogP) is 3.99. The summed E-state index contributed by atoms with van der Waals surface area (Å²) in [5.41, 5.74) is 2.90. The van der Waals surface area contributed by atoms with Crippen molar-refractivity contribution in [3.8, 4) is 0 Å². The van der Waals surface area contributed by atoms with E-state index in [1.165, 1.54) is 25.2 Å². The van der Waals surface area contributed by atoms with E-state index in [2.05, 4.69) is 5.32 Å². The van der Waals surface area contributed by atoms with Crippen LogP contribution in [-0.4, -0.2) is 32.1 Å². The van der Waals surface area contributed by atoms with Crippen molar-refractivity contribution in [2.75, 3.05) is 24.4 Å². The standard InChI is InChI=1S/C25H24N2O5/c1-4-17-9-5-6-11-21(17)26-23(28)18-12-14-19(15-13-18)27-16-8-7-10-20(24(29)31-2)22(27)25(30)32-3/h5-16H,4H2,1-3H3,(H,26,28). The van der Waals surface area contributed by atoms with E-state index in [-0.39, 0.29) is 17.2 Å². The third-order valence-corrected chi connectivity index (χ3v) is 4.94. The first-order chi connectivity index (χ1) is 15.5. The Labute approximate surface area is 186 Å². The molecule has 0 fully saturated rings. The second-order valence-electron chi connectivity index (χ2n) is 6.83. The number of ether oxygens (including phenoxy) is 2. The SMILES string of the molecule is CCc1ccccc1NC(=O)c1ccc(N2C=CC=CC(C(=O)OC)=C2C(=O)OC)cc1. The van der Waals surface area contributed by atoms with Crippen molar-refractivity contribution in [1.29, 1.82) is 0 Å². The van der Waals surface area contributed by atoms with E-state index >= 15 is 0 Å². The van der Waals surface area contributed by atoms with Crippen molar-refractivity contribution in [3.05, 3.63) is 95.4 Å². The Bertz CT molecular complexity index is 1110. The number of para-hydroxylation sites is 1. The molecular weight excluding hydrogens is 408 g/mol. The molecule has 0 aliphatic carbocycles. The lowest BCUT2D eigenvalue weighted by molar-refractivity contribution is -0.139. The van der Waals surface area contributed by atoms with Gasteiger partial charge in [0.15, 0.2) is 0 Å². The highest BCUT2D eigenvalue weighted by atomic mass is 16.5. The van der Waals surface area contributed by atoms with Gasteiger partial charge in [-0.15, -0.1) is 0 Å². The zero-order valence-corrected chi connectivity index (χ0v) is 18.1. The van der Waals surface area contributed by atoms with Crippen molar-refractivity contribution in [3.63, 3.8) is 0 Å². The highest BCUT2D eigenvalue weighted by Gasteiger charge is 2.27. The topological polar surface area (TPSA) is 84.9 Å². The van der Waals surface area contributed by atoms with E-state index in [0.29, 0.717) is 11.3 Å². The van der Waals surface area contributed by atoms with Crippen LogP contribution in [0.5, 0.6) is 0 Å². The van der Waals surface area contributed by atoms with Crippen LogP contribution in [0.2, 0.25) is 0 Å². The van der Waals surface area contributed by atoms with Crippen LogP contribution in [-0.2, 0) is 25.5 Å². The maximum absolute atomic E-state index is 12.7. The molecule has 3 rings (SSSR count). The Kier molecular flexibility index (Phi) is 7.23. The van der Waals surface area contributed by atoms with Gasteiger partial charge in [-0.25, -0.2) is 9.59 Å². The summed E-state index contributed by atoms with van der Waals surface area (Å²) in [4.78, 5) is 39.0. The van der Waals surface area contributed by atoms with Crippen molar-refractivity contribution in [2.24, 2.45) is 0 Å². The number of nitrogens with one attached hydrogen (secondary N) is 1. The molecule has 1 aliphatic heterocycles. The fourth-order valence-corrected chi connectivity index (χ4v) is 3.28. The molecule has 0 saturated heterocycles. The largest absolute Gasteiger partial charge is 0.465 e. The summed E-state index contributed by atoms with van der Waals surface area (Å²) in [7, 11) is 2.48. The van der Waals surface area contributed by atoms with E-state index in [0.717, 1.165) is 17.7 Å². The first kappa shape index (κ1) is 22.6. The average Bonchev–Trinajstić information content (AvgIpc) is 3.06. The normalized spacial score (nSPS) is 12.9. The number of allylic oxidation sites excluding steroid dienone is 2. The van der Waals surface area contributed by atoms with E-state index in [1.807, 2.05) is 31.2 Å². The summed E-state index contributed by atoms with van der Waals surface area (Å²) in [6.07, 6.45) is 7.23. The molecular formula is C25H24N2O5. The van der Waals surface area contributed by atoms with Crippen molar-refractivity contribution in [1.82, 2.24) is 0 Å². The lowest BCUT2D eigenvalue weighted by Gasteiger charge is -2.23. The minimum atomic E-state index is -0.695. The Balaban J connectivity index is 1.92. The number of hydrogen-bond donors (Lipinski definition) is 1. The van der Waals surface area contributed by atoms with Crippen LogP contribution in [0.25, 0.3) is 0 Å². The second kappa shape index (κ2) is 10.3. The Morgan fingerprint density at radius 3 is 2.25 bits per heavy atom. The first-order valence-corrected chi connectivity index (χ1v) is 10.0.